The van der Waals surface area contributed by atoms with Crippen LogP contribution in [-0.2, 0) is 6.42 Å². The van der Waals surface area contributed by atoms with Gasteiger partial charge in [0.25, 0.3) is 0 Å². The smallest absolute Gasteiger partial charge is 0.0824 e. The molecule has 1 fully saturated rings. The molecule has 1 unspecified atom stereocenters. The predicted molar refractivity (Wildman–Crippen MR) is 62.3 cm³/mol. The summed E-state index contributed by atoms with van der Waals surface area (Å²) in [7, 11) is 0. The fourth-order valence-corrected chi connectivity index (χ4v) is 2.33. The fraction of sp³-hybridized carbons (Fsp3) is 0.500. The molecule has 1 aliphatic heterocycles. The van der Waals surface area contributed by atoms with E-state index in [2.05, 4.69) is 5.32 Å². The third-order valence-corrected chi connectivity index (χ3v) is 3.30. The van der Waals surface area contributed by atoms with Crippen molar-refractivity contribution < 1.29 is 5.11 Å². The third kappa shape index (κ3) is 2.51. The van der Waals surface area contributed by atoms with Crippen molar-refractivity contribution in [3.63, 3.8) is 0 Å². The zero-order chi connectivity index (χ0) is 10.9. The van der Waals surface area contributed by atoms with Crippen molar-refractivity contribution in [2.24, 2.45) is 0 Å². The van der Waals surface area contributed by atoms with Crippen molar-refractivity contribution in [3.8, 4) is 0 Å². The van der Waals surface area contributed by atoms with Gasteiger partial charge < -0.3 is 10.4 Å². The number of halogens is 1. The lowest BCUT2D eigenvalue weighted by Crippen LogP contribution is -2.33. The van der Waals surface area contributed by atoms with Gasteiger partial charge in [-0.25, -0.2) is 0 Å². The summed E-state index contributed by atoms with van der Waals surface area (Å²) < 4.78 is 0. The van der Waals surface area contributed by atoms with E-state index in [0.717, 1.165) is 29.1 Å². The van der Waals surface area contributed by atoms with Gasteiger partial charge >= 0.3 is 0 Å². The molecular formula is C12H16ClNO. The number of aryl methyl sites for hydroxylation is 1. The van der Waals surface area contributed by atoms with Gasteiger partial charge in [0.1, 0.15) is 0 Å². The Balaban J connectivity index is 2.16. The highest BCUT2D eigenvalue weighted by Crippen LogP contribution is 2.25. The summed E-state index contributed by atoms with van der Waals surface area (Å²) in [5, 5.41) is 14.1. The van der Waals surface area contributed by atoms with E-state index in [0.29, 0.717) is 13.0 Å². The highest BCUT2D eigenvalue weighted by atomic mass is 35.5. The molecule has 0 amide bonds. The fourth-order valence-electron chi connectivity index (χ4n) is 2.03. The predicted octanol–water partition coefficient (Wildman–Crippen LogP) is 1.92. The summed E-state index contributed by atoms with van der Waals surface area (Å²) in [4.78, 5) is 0. The first-order chi connectivity index (χ1) is 7.09. The van der Waals surface area contributed by atoms with Crippen LogP contribution in [0.25, 0.3) is 0 Å². The molecule has 1 aromatic carbocycles. The van der Waals surface area contributed by atoms with Crippen LogP contribution < -0.4 is 5.32 Å². The maximum atomic E-state index is 10.2. The summed E-state index contributed by atoms with van der Waals surface area (Å²) in [6.45, 7) is 3.57. The first-order valence-corrected chi connectivity index (χ1v) is 5.65. The van der Waals surface area contributed by atoms with E-state index in [1.165, 1.54) is 0 Å². The Hall–Kier alpha value is -0.570. The van der Waals surface area contributed by atoms with Crippen LogP contribution in [0.4, 0.5) is 0 Å². The lowest BCUT2D eigenvalue weighted by Gasteiger charge is -2.21. The Morgan fingerprint density at radius 3 is 2.93 bits per heavy atom. The van der Waals surface area contributed by atoms with Gasteiger partial charge in [0, 0.05) is 18.0 Å². The van der Waals surface area contributed by atoms with Crippen molar-refractivity contribution in [1.82, 2.24) is 5.32 Å². The van der Waals surface area contributed by atoms with Gasteiger partial charge in [0.15, 0.2) is 0 Å². The number of benzene rings is 1. The second kappa shape index (κ2) is 4.12. The monoisotopic (exact) mass is 225 g/mol. The molecule has 2 N–H and O–H groups in total. The van der Waals surface area contributed by atoms with E-state index in [1.807, 2.05) is 25.1 Å². The normalized spacial score (nSPS) is 25.8. The highest BCUT2D eigenvalue weighted by Gasteiger charge is 2.31. The van der Waals surface area contributed by atoms with Crippen molar-refractivity contribution >= 4 is 11.6 Å². The number of β-amino-alcohol motifs (C(OH)–C–C–N with tert-alkyl or cyclic N) is 1. The lowest BCUT2D eigenvalue weighted by molar-refractivity contribution is 0.0619. The van der Waals surface area contributed by atoms with Gasteiger partial charge in [0.05, 0.1) is 5.60 Å². The maximum absolute atomic E-state index is 10.2. The van der Waals surface area contributed by atoms with Gasteiger partial charge in [0.2, 0.25) is 0 Å². The van der Waals surface area contributed by atoms with Gasteiger partial charge in [-0.3, -0.25) is 0 Å². The Kier molecular flexibility index (Phi) is 3.01. The average molecular weight is 226 g/mol. The molecule has 1 atom stereocenters. The SMILES string of the molecule is Cc1ccc(CC2(O)CCNC2)c(Cl)c1. The van der Waals surface area contributed by atoms with Gasteiger partial charge in [-0.1, -0.05) is 23.7 Å². The van der Waals surface area contributed by atoms with Gasteiger partial charge in [-0.05, 0) is 37.1 Å². The summed E-state index contributed by atoms with van der Waals surface area (Å²) in [6, 6.07) is 5.99. The van der Waals surface area contributed by atoms with Crippen LogP contribution in [0.15, 0.2) is 18.2 Å². The molecule has 3 heteroatoms. The molecule has 0 aliphatic carbocycles. The Labute approximate surface area is 95.3 Å². The van der Waals surface area contributed by atoms with Crippen LogP contribution in [-0.4, -0.2) is 23.8 Å². The first-order valence-electron chi connectivity index (χ1n) is 5.27. The van der Waals surface area contributed by atoms with E-state index < -0.39 is 5.60 Å². The van der Waals surface area contributed by atoms with Gasteiger partial charge in [-0.15, -0.1) is 0 Å². The topological polar surface area (TPSA) is 32.3 Å². The van der Waals surface area contributed by atoms with Crippen molar-refractivity contribution in [2.75, 3.05) is 13.1 Å². The molecule has 1 aromatic rings. The molecular weight excluding hydrogens is 210 g/mol. The summed E-state index contributed by atoms with van der Waals surface area (Å²) in [5.41, 5.74) is 1.58. The molecule has 82 valence electrons. The second-order valence-electron chi connectivity index (χ2n) is 4.42. The van der Waals surface area contributed by atoms with Crippen LogP contribution in [0.1, 0.15) is 17.5 Å². The molecule has 1 heterocycles. The summed E-state index contributed by atoms with van der Waals surface area (Å²) in [6.07, 6.45) is 1.44. The van der Waals surface area contributed by atoms with E-state index in [-0.39, 0.29) is 0 Å². The first kappa shape index (κ1) is 10.9. The average Bonchev–Trinajstić information content (AvgIpc) is 2.58. The second-order valence-corrected chi connectivity index (χ2v) is 4.83. The molecule has 0 spiro atoms. The zero-order valence-electron chi connectivity index (χ0n) is 8.89. The minimum absolute atomic E-state index is 0.612. The Bertz CT molecular complexity index is 359. The Morgan fingerprint density at radius 1 is 1.53 bits per heavy atom. The molecule has 2 rings (SSSR count). The number of aliphatic hydroxyl groups is 1. The highest BCUT2D eigenvalue weighted by molar-refractivity contribution is 6.31. The van der Waals surface area contributed by atoms with Crippen LogP contribution in [0.2, 0.25) is 5.02 Å². The molecule has 15 heavy (non-hydrogen) atoms. The molecule has 0 radical (unpaired) electrons. The summed E-state index contributed by atoms with van der Waals surface area (Å²) in [5.74, 6) is 0. The number of hydrogen-bond acceptors (Lipinski definition) is 2. The standard InChI is InChI=1S/C12H16ClNO/c1-9-2-3-10(11(13)6-9)7-12(15)4-5-14-8-12/h2-3,6,14-15H,4-5,7-8H2,1H3. The third-order valence-electron chi connectivity index (χ3n) is 2.95. The van der Waals surface area contributed by atoms with Crippen LogP contribution >= 0.6 is 11.6 Å². The van der Waals surface area contributed by atoms with E-state index in [1.54, 1.807) is 0 Å². The molecule has 0 saturated carbocycles. The van der Waals surface area contributed by atoms with E-state index in [4.69, 9.17) is 11.6 Å². The maximum Gasteiger partial charge on any atom is 0.0824 e. The molecule has 0 bridgehead atoms. The quantitative estimate of drug-likeness (QED) is 0.806. The van der Waals surface area contributed by atoms with E-state index in [9.17, 15) is 5.11 Å². The van der Waals surface area contributed by atoms with Crippen molar-refractivity contribution in [3.05, 3.63) is 34.3 Å². The molecule has 0 aromatic heterocycles. The molecule has 2 nitrogen and oxygen atoms in total. The van der Waals surface area contributed by atoms with E-state index >= 15 is 0 Å². The van der Waals surface area contributed by atoms with Crippen LogP contribution in [0, 0.1) is 6.92 Å². The Morgan fingerprint density at radius 2 is 2.33 bits per heavy atom. The molecule has 1 aliphatic rings. The number of hydrogen-bond donors (Lipinski definition) is 2. The minimum atomic E-state index is -0.612. The van der Waals surface area contributed by atoms with Crippen LogP contribution in [0.3, 0.4) is 0 Å². The lowest BCUT2D eigenvalue weighted by atomic mass is 9.93. The zero-order valence-corrected chi connectivity index (χ0v) is 9.64. The number of rotatable bonds is 2. The number of nitrogens with one attached hydrogen (secondary N) is 1. The minimum Gasteiger partial charge on any atom is -0.388 e. The molecule has 1 saturated heterocycles. The van der Waals surface area contributed by atoms with Crippen LogP contribution in [0.5, 0.6) is 0 Å². The van der Waals surface area contributed by atoms with Crippen molar-refractivity contribution in [1.29, 1.82) is 0 Å². The largest absolute Gasteiger partial charge is 0.388 e. The summed E-state index contributed by atoms with van der Waals surface area (Å²) >= 11 is 6.14. The van der Waals surface area contributed by atoms with Crippen molar-refractivity contribution in [2.45, 2.75) is 25.4 Å². The van der Waals surface area contributed by atoms with Gasteiger partial charge in [-0.2, -0.15) is 0 Å².